The van der Waals surface area contributed by atoms with Crippen LogP contribution in [0.5, 0.6) is 5.75 Å². The molecular formula is C22H27FN2O2. The maximum absolute atomic E-state index is 12.9. The third-order valence-corrected chi connectivity index (χ3v) is 5.02. The molecule has 0 saturated carbocycles. The molecule has 0 spiro atoms. The third kappa shape index (κ3) is 6.07. The average molecular weight is 370 g/mol. The third-order valence-electron chi connectivity index (χ3n) is 5.02. The molecule has 27 heavy (non-hydrogen) atoms. The van der Waals surface area contributed by atoms with Gasteiger partial charge in [0.05, 0.1) is 6.04 Å². The lowest BCUT2D eigenvalue weighted by atomic mass is 10.0. The Morgan fingerprint density at radius 2 is 1.96 bits per heavy atom. The van der Waals surface area contributed by atoms with E-state index in [9.17, 15) is 9.18 Å². The Kier molecular flexibility index (Phi) is 6.82. The number of ether oxygens (including phenoxy) is 1. The SMILES string of the molecule is CC(NC(=O)CCC1CCNC1)c1ccc(OCc2ccc(F)cc2)cc1. The second-order valence-electron chi connectivity index (χ2n) is 7.17. The van der Waals surface area contributed by atoms with Gasteiger partial charge in [-0.3, -0.25) is 4.79 Å². The summed E-state index contributed by atoms with van der Waals surface area (Å²) in [6.07, 6.45) is 2.69. The van der Waals surface area contributed by atoms with Gasteiger partial charge >= 0.3 is 0 Å². The highest BCUT2D eigenvalue weighted by molar-refractivity contribution is 5.76. The van der Waals surface area contributed by atoms with Crippen molar-refractivity contribution in [2.75, 3.05) is 13.1 Å². The average Bonchev–Trinajstić information content (AvgIpc) is 3.20. The van der Waals surface area contributed by atoms with Crippen LogP contribution in [0.25, 0.3) is 0 Å². The fourth-order valence-corrected chi connectivity index (χ4v) is 3.29. The van der Waals surface area contributed by atoms with Crippen LogP contribution in [0.2, 0.25) is 0 Å². The molecule has 5 heteroatoms. The Morgan fingerprint density at radius 1 is 1.22 bits per heavy atom. The number of rotatable bonds is 8. The Morgan fingerprint density at radius 3 is 2.63 bits per heavy atom. The summed E-state index contributed by atoms with van der Waals surface area (Å²) < 4.78 is 18.6. The first-order chi connectivity index (χ1) is 13.1. The van der Waals surface area contributed by atoms with Crippen LogP contribution in [0.4, 0.5) is 4.39 Å². The van der Waals surface area contributed by atoms with Crippen LogP contribution in [0, 0.1) is 11.7 Å². The molecule has 0 aliphatic carbocycles. The first kappa shape index (κ1) is 19.4. The quantitative estimate of drug-likeness (QED) is 0.739. The van der Waals surface area contributed by atoms with Crippen molar-refractivity contribution in [3.63, 3.8) is 0 Å². The highest BCUT2D eigenvalue weighted by Gasteiger charge is 2.16. The first-order valence-corrected chi connectivity index (χ1v) is 9.57. The van der Waals surface area contributed by atoms with Crippen molar-refractivity contribution < 1.29 is 13.9 Å². The summed E-state index contributed by atoms with van der Waals surface area (Å²) in [7, 11) is 0. The van der Waals surface area contributed by atoms with E-state index in [1.54, 1.807) is 12.1 Å². The second-order valence-corrected chi connectivity index (χ2v) is 7.17. The Balaban J connectivity index is 1.44. The molecule has 3 rings (SSSR count). The van der Waals surface area contributed by atoms with Crippen LogP contribution >= 0.6 is 0 Å². The minimum Gasteiger partial charge on any atom is -0.489 e. The van der Waals surface area contributed by atoms with Gasteiger partial charge in [-0.25, -0.2) is 4.39 Å². The van der Waals surface area contributed by atoms with Crippen LogP contribution in [-0.2, 0) is 11.4 Å². The normalized spacial score (nSPS) is 17.5. The lowest BCUT2D eigenvalue weighted by molar-refractivity contribution is -0.122. The van der Waals surface area contributed by atoms with E-state index in [-0.39, 0.29) is 17.8 Å². The van der Waals surface area contributed by atoms with Gasteiger partial charge in [0.1, 0.15) is 18.2 Å². The lowest BCUT2D eigenvalue weighted by Gasteiger charge is -2.16. The van der Waals surface area contributed by atoms with Gasteiger partial charge in [-0.05, 0) is 74.2 Å². The number of carbonyl (C=O) groups excluding carboxylic acids is 1. The molecule has 1 saturated heterocycles. The topological polar surface area (TPSA) is 50.4 Å². The molecule has 1 aliphatic heterocycles. The summed E-state index contributed by atoms with van der Waals surface area (Å²) in [4.78, 5) is 12.2. The van der Waals surface area contributed by atoms with E-state index >= 15 is 0 Å². The zero-order valence-electron chi connectivity index (χ0n) is 15.7. The summed E-state index contributed by atoms with van der Waals surface area (Å²) in [6.45, 7) is 4.48. The summed E-state index contributed by atoms with van der Waals surface area (Å²) in [5.74, 6) is 1.23. The minimum absolute atomic E-state index is 0.0367. The number of carbonyl (C=O) groups is 1. The van der Waals surface area contributed by atoms with E-state index in [1.807, 2.05) is 31.2 Å². The molecule has 144 valence electrons. The van der Waals surface area contributed by atoms with E-state index in [0.717, 1.165) is 36.4 Å². The number of nitrogens with one attached hydrogen (secondary N) is 2. The summed E-state index contributed by atoms with van der Waals surface area (Å²) in [5.41, 5.74) is 1.96. The summed E-state index contributed by atoms with van der Waals surface area (Å²) in [6, 6.07) is 14.0. The van der Waals surface area contributed by atoms with E-state index < -0.39 is 0 Å². The molecule has 1 fully saturated rings. The predicted molar refractivity (Wildman–Crippen MR) is 104 cm³/mol. The molecule has 2 aromatic rings. The van der Waals surface area contributed by atoms with Crippen LogP contribution in [-0.4, -0.2) is 19.0 Å². The van der Waals surface area contributed by atoms with Crippen LogP contribution in [0.1, 0.15) is 43.4 Å². The number of hydrogen-bond acceptors (Lipinski definition) is 3. The first-order valence-electron chi connectivity index (χ1n) is 9.57. The summed E-state index contributed by atoms with van der Waals surface area (Å²) >= 11 is 0. The monoisotopic (exact) mass is 370 g/mol. The van der Waals surface area contributed by atoms with Gasteiger partial charge in [0.25, 0.3) is 0 Å². The molecule has 2 aromatic carbocycles. The van der Waals surface area contributed by atoms with Crippen molar-refractivity contribution in [1.29, 1.82) is 0 Å². The number of benzene rings is 2. The number of amides is 1. The van der Waals surface area contributed by atoms with Crippen molar-refractivity contribution in [2.24, 2.45) is 5.92 Å². The van der Waals surface area contributed by atoms with E-state index in [1.165, 1.54) is 18.6 Å². The van der Waals surface area contributed by atoms with Crippen LogP contribution < -0.4 is 15.4 Å². The predicted octanol–water partition coefficient (Wildman–Crippen LogP) is 3.97. The maximum Gasteiger partial charge on any atom is 0.220 e. The Labute approximate surface area is 160 Å². The van der Waals surface area contributed by atoms with E-state index in [0.29, 0.717) is 18.9 Å². The number of halogens is 1. The fourth-order valence-electron chi connectivity index (χ4n) is 3.29. The molecule has 1 heterocycles. The largest absolute Gasteiger partial charge is 0.489 e. The molecule has 4 nitrogen and oxygen atoms in total. The van der Waals surface area contributed by atoms with Gasteiger partial charge in [-0.2, -0.15) is 0 Å². The molecule has 2 atom stereocenters. The Hall–Kier alpha value is -2.40. The van der Waals surface area contributed by atoms with Gasteiger partial charge in [-0.1, -0.05) is 24.3 Å². The molecule has 0 aromatic heterocycles. The molecule has 0 bridgehead atoms. The summed E-state index contributed by atoms with van der Waals surface area (Å²) in [5, 5.41) is 6.40. The van der Waals surface area contributed by atoms with E-state index in [4.69, 9.17) is 4.74 Å². The van der Waals surface area contributed by atoms with Crippen molar-refractivity contribution in [1.82, 2.24) is 10.6 Å². The molecule has 1 aliphatic rings. The maximum atomic E-state index is 12.9. The second kappa shape index (κ2) is 9.51. The lowest BCUT2D eigenvalue weighted by Crippen LogP contribution is -2.27. The van der Waals surface area contributed by atoms with Crippen LogP contribution in [0.15, 0.2) is 48.5 Å². The molecule has 2 unspecified atom stereocenters. The van der Waals surface area contributed by atoms with Crippen molar-refractivity contribution in [3.05, 3.63) is 65.5 Å². The highest BCUT2D eigenvalue weighted by atomic mass is 19.1. The fraction of sp³-hybridized carbons (Fsp3) is 0.409. The molecule has 0 radical (unpaired) electrons. The van der Waals surface area contributed by atoms with Gasteiger partial charge in [0, 0.05) is 6.42 Å². The van der Waals surface area contributed by atoms with Gasteiger partial charge < -0.3 is 15.4 Å². The van der Waals surface area contributed by atoms with Gasteiger partial charge in [0.2, 0.25) is 5.91 Å². The van der Waals surface area contributed by atoms with Gasteiger partial charge in [-0.15, -0.1) is 0 Å². The smallest absolute Gasteiger partial charge is 0.220 e. The zero-order chi connectivity index (χ0) is 19.1. The van der Waals surface area contributed by atoms with Crippen molar-refractivity contribution in [2.45, 2.75) is 38.8 Å². The Bertz CT molecular complexity index is 725. The highest BCUT2D eigenvalue weighted by Crippen LogP contribution is 2.20. The van der Waals surface area contributed by atoms with Crippen LogP contribution in [0.3, 0.4) is 0 Å². The van der Waals surface area contributed by atoms with Crippen molar-refractivity contribution in [3.8, 4) is 5.75 Å². The zero-order valence-corrected chi connectivity index (χ0v) is 15.7. The standard InChI is InChI=1S/C22H27FN2O2/c1-16(25-22(26)11-4-17-12-13-24-14-17)19-5-9-21(10-6-19)27-15-18-2-7-20(23)8-3-18/h2-3,5-10,16-17,24H,4,11-15H2,1H3,(H,25,26). The number of hydrogen-bond donors (Lipinski definition) is 2. The molecular weight excluding hydrogens is 343 g/mol. The van der Waals surface area contributed by atoms with Gasteiger partial charge in [0.15, 0.2) is 0 Å². The molecule has 2 N–H and O–H groups in total. The van der Waals surface area contributed by atoms with Crippen molar-refractivity contribution >= 4 is 5.91 Å². The van der Waals surface area contributed by atoms with E-state index in [2.05, 4.69) is 10.6 Å². The molecule has 1 amide bonds. The minimum atomic E-state index is -0.251.